The van der Waals surface area contributed by atoms with E-state index >= 15 is 0 Å². The molecule has 3 nitrogen and oxygen atoms in total. The number of nitrogens with zero attached hydrogens (tertiary/aromatic N) is 2. The number of H-pyrrole nitrogens is 1. The molecule has 0 aliphatic heterocycles. The molecule has 0 radical (unpaired) electrons. The Morgan fingerprint density at radius 1 is 1.39 bits per heavy atom. The highest BCUT2D eigenvalue weighted by molar-refractivity contribution is 7.71. The standard InChI is InChI=1S/C14H17N3S/c1-14(2,3)7-8-17-11-6-4-5-10(9-15)12(11)16-13(17)18/h4-6H,7-8H2,1-3H3,(H,16,18). The molecule has 18 heavy (non-hydrogen) atoms. The van der Waals surface area contributed by atoms with Crippen molar-refractivity contribution in [1.82, 2.24) is 9.55 Å². The third kappa shape index (κ3) is 2.46. The van der Waals surface area contributed by atoms with Gasteiger partial charge in [0, 0.05) is 6.54 Å². The van der Waals surface area contributed by atoms with Gasteiger partial charge in [-0.1, -0.05) is 26.8 Å². The highest BCUT2D eigenvalue weighted by Crippen LogP contribution is 2.23. The fourth-order valence-corrected chi connectivity index (χ4v) is 2.23. The minimum Gasteiger partial charge on any atom is -0.329 e. The van der Waals surface area contributed by atoms with Gasteiger partial charge in [-0.3, -0.25) is 0 Å². The van der Waals surface area contributed by atoms with Crippen LogP contribution < -0.4 is 0 Å². The normalized spacial score (nSPS) is 11.7. The van der Waals surface area contributed by atoms with Crippen molar-refractivity contribution in [2.75, 3.05) is 0 Å². The summed E-state index contributed by atoms with van der Waals surface area (Å²) in [6, 6.07) is 7.90. The van der Waals surface area contributed by atoms with E-state index in [-0.39, 0.29) is 5.41 Å². The minimum atomic E-state index is 0.269. The predicted octanol–water partition coefficient (Wildman–Crippen LogP) is 4.01. The highest BCUT2D eigenvalue weighted by Gasteiger charge is 2.13. The van der Waals surface area contributed by atoms with Crippen molar-refractivity contribution < 1.29 is 0 Å². The van der Waals surface area contributed by atoms with Crippen molar-refractivity contribution in [3.05, 3.63) is 28.5 Å². The quantitative estimate of drug-likeness (QED) is 0.828. The second-order valence-corrected chi connectivity index (χ2v) is 6.09. The topological polar surface area (TPSA) is 44.5 Å². The highest BCUT2D eigenvalue weighted by atomic mass is 32.1. The fraction of sp³-hybridized carbons (Fsp3) is 0.429. The molecule has 0 saturated carbocycles. The number of rotatable bonds is 2. The van der Waals surface area contributed by atoms with Crippen LogP contribution in [-0.2, 0) is 6.54 Å². The summed E-state index contributed by atoms with van der Waals surface area (Å²) < 4.78 is 2.77. The van der Waals surface area contributed by atoms with Gasteiger partial charge in [-0.25, -0.2) is 0 Å². The second kappa shape index (κ2) is 4.58. The summed E-state index contributed by atoms with van der Waals surface area (Å²) in [6.45, 7) is 7.52. The Morgan fingerprint density at radius 2 is 2.11 bits per heavy atom. The maximum Gasteiger partial charge on any atom is 0.178 e. The fourth-order valence-electron chi connectivity index (χ4n) is 1.94. The van der Waals surface area contributed by atoms with Gasteiger partial charge in [0.25, 0.3) is 0 Å². The molecule has 0 aliphatic carbocycles. The smallest absolute Gasteiger partial charge is 0.178 e. The molecule has 2 rings (SSSR count). The van der Waals surface area contributed by atoms with E-state index in [0.717, 1.165) is 24.0 Å². The van der Waals surface area contributed by atoms with Crippen LogP contribution in [-0.4, -0.2) is 9.55 Å². The van der Waals surface area contributed by atoms with Crippen LogP contribution in [0.25, 0.3) is 11.0 Å². The molecule has 0 amide bonds. The molecule has 4 heteroatoms. The van der Waals surface area contributed by atoms with E-state index in [1.807, 2.05) is 18.2 Å². The van der Waals surface area contributed by atoms with Gasteiger partial charge in [0.1, 0.15) is 6.07 Å². The third-order valence-corrected chi connectivity index (χ3v) is 3.34. The van der Waals surface area contributed by atoms with E-state index in [4.69, 9.17) is 17.5 Å². The zero-order valence-electron chi connectivity index (χ0n) is 10.9. The number of aryl methyl sites for hydroxylation is 1. The first-order valence-corrected chi connectivity index (χ1v) is 6.45. The van der Waals surface area contributed by atoms with Crippen molar-refractivity contribution in [2.24, 2.45) is 5.41 Å². The molecule has 0 aliphatic rings. The average molecular weight is 259 g/mol. The van der Waals surface area contributed by atoms with Gasteiger partial charge >= 0.3 is 0 Å². The van der Waals surface area contributed by atoms with E-state index in [2.05, 4.69) is 36.4 Å². The lowest BCUT2D eigenvalue weighted by Gasteiger charge is -2.18. The van der Waals surface area contributed by atoms with Gasteiger partial charge in [0.2, 0.25) is 0 Å². The first-order valence-electron chi connectivity index (χ1n) is 6.04. The molecule has 1 heterocycles. The van der Waals surface area contributed by atoms with Crippen molar-refractivity contribution in [3.8, 4) is 6.07 Å². The molecule has 0 fully saturated rings. The zero-order valence-corrected chi connectivity index (χ0v) is 11.8. The van der Waals surface area contributed by atoms with Gasteiger partial charge in [0.15, 0.2) is 4.77 Å². The average Bonchev–Trinajstić information content (AvgIpc) is 2.61. The first kappa shape index (κ1) is 12.8. The Hall–Kier alpha value is -1.60. The van der Waals surface area contributed by atoms with Crippen molar-refractivity contribution in [3.63, 3.8) is 0 Å². The van der Waals surface area contributed by atoms with Crippen LogP contribution >= 0.6 is 12.2 Å². The third-order valence-electron chi connectivity index (χ3n) is 3.02. The van der Waals surface area contributed by atoms with Crippen molar-refractivity contribution >= 4 is 23.3 Å². The summed E-state index contributed by atoms with van der Waals surface area (Å²) in [5.41, 5.74) is 2.78. The lowest BCUT2D eigenvalue weighted by molar-refractivity contribution is 0.352. The van der Waals surface area contributed by atoms with Gasteiger partial charge in [-0.05, 0) is 36.2 Å². The molecule has 0 bridgehead atoms. The van der Waals surface area contributed by atoms with Gasteiger partial charge in [0.05, 0.1) is 16.6 Å². The molecule has 0 unspecified atom stereocenters. The maximum atomic E-state index is 9.08. The minimum absolute atomic E-state index is 0.269. The summed E-state index contributed by atoms with van der Waals surface area (Å²) in [5.74, 6) is 0. The number of nitrogens with one attached hydrogen (secondary N) is 1. The van der Waals surface area contributed by atoms with Crippen LogP contribution in [0.5, 0.6) is 0 Å². The Bertz CT molecular complexity index is 665. The van der Waals surface area contributed by atoms with E-state index < -0.39 is 0 Å². The van der Waals surface area contributed by atoms with Crippen LogP contribution in [0.2, 0.25) is 0 Å². The lowest BCUT2D eigenvalue weighted by Crippen LogP contribution is -2.10. The van der Waals surface area contributed by atoms with E-state index in [9.17, 15) is 0 Å². The number of hydrogen-bond acceptors (Lipinski definition) is 2. The summed E-state index contributed by atoms with van der Waals surface area (Å²) in [5, 5.41) is 9.08. The molecule has 1 N–H and O–H groups in total. The van der Waals surface area contributed by atoms with Gasteiger partial charge in [-0.15, -0.1) is 0 Å². The summed E-state index contributed by atoms with van der Waals surface area (Å²) in [4.78, 5) is 3.14. The first-order chi connectivity index (χ1) is 8.42. The molecule has 1 aromatic heterocycles. The summed E-state index contributed by atoms with van der Waals surface area (Å²) in [7, 11) is 0. The van der Waals surface area contributed by atoms with Crippen LogP contribution in [0.3, 0.4) is 0 Å². The molecule has 1 aromatic carbocycles. The van der Waals surface area contributed by atoms with E-state index in [1.165, 1.54) is 0 Å². The number of fused-ring (bicyclic) bond motifs is 1. The maximum absolute atomic E-state index is 9.08. The summed E-state index contributed by atoms with van der Waals surface area (Å²) >= 11 is 5.35. The van der Waals surface area contributed by atoms with E-state index in [0.29, 0.717) is 10.3 Å². The number of imidazole rings is 1. The number of para-hydroxylation sites is 1. The molecule has 0 saturated heterocycles. The van der Waals surface area contributed by atoms with Gasteiger partial charge in [-0.2, -0.15) is 5.26 Å². The number of aromatic amines is 1. The monoisotopic (exact) mass is 259 g/mol. The predicted molar refractivity (Wildman–Crippen MR) is 75.9 cm³/mol. The molecule has 2 aromatic rings. The van der Waals surface area contributed by atoms with E-state index in [1.54, 1.807) is 0 Å². The molecule has 0 atom stereocenters. The molecule has 94 valence electrons. The summed E-state index contributed by atoms with van der Waals surface area (Å²) in [6.07, 6.45) is 1.05. The number of nitriles is 1. The second-order valence-electron chi connectivity index (χ2n) is 5.70. The molecular formula is C14H17N3S. The van der Waals surface area contributed by atoms with Crippen LogP contribution in [0, 0.1) is 21.5 Å². The Labute approximate surface area is 112 Å². The Morgan fingerprint density at radius 3 is 2.72 bits per heavy atom. The SMILES string of the molecule is CC(C)(C)CCn1c(=S)[nH]c2c(C#N)cccc21. The Kier molecular flexibility index (Phi) is 3.27. The van der Waals surface area contributed by atoms with Crippen molar-refractivity contribution in [1.29, 1.82) is 5.26 Å². The lowest BCUT2D eigenvalue weighted by atomic mass is 9.92. The van der Waals surface area contributed by atoms with Crippen LogP contribution in [0.1, 0.15) is 32.8 Å². The zero-order chi connectivity index (χ0) is 13.3. The van der Waals surface area contributed by atoms with Crippen LogP contribution in [0.4, 0.5) is 0 Å². The number of benzene rings is 1. The molecular weight excluding hydrogens is 242 g/mol. The number of aromatic nitrogens is 2. The largest absolute Gasteiger partial charge is 0.329 e. The van der Waals surface area contributed by atoms with Crippen molar-refractivity contribution in [2.45, 2.75) is 33.7 Å². The molecule has 0 spiro atoms. The van der Waals surface area contributed by atoms with Crippen LogP contribution in [0.15, 0.2) is 18.2 Å². The van der Waals surface area contributed by atoms with Gasteiger partial charge < -0.3 is 9.55 Å². The Balaban J connectivity index is 2.49. The number of hydrogen-bond donors (Lipinski definition) is 1.